The minimum absolute atomic E-state index is 0.0694. The van der Waals surface area contributed by atoms with E-state index in [1.807, 2.05) is 13.8 Å². The number of pyridine rings is 1. The first-order chi connectivity index (χ1) is 9.96. The van der Waals surface area contributed by atoms with Crippen molar-refractivity contribution < 1.29 is 13.2 Å². The Balaban J connectivity index is 2.11. The Labute approximate surface area is 133 Å². The first-order valence-corrected chi connectivity index (χ1v) is 9.27. The molecule has 1 aromatic heterocycles. The molecule has 118 valence electrons. The lowest BCUT2D eigenvalue weighted by Gasteiger charge is -2.35. The Kier molecular flexibility index (Phi) is 5.59. The molecule has 1 aliphatic carbocycles. The molecule has 2 rings (SSSR count). The number of hydrogen-bond acceptors (Lipinski definition) is 5. The second kappa shape index (κ2) is 7.04. The van der Waals surface area contributed by atoms with E-state index >= 15 is 0 Å². The Morgan fingerprint density at radius 3 is 2.76 bits per heavy atom. The quantitative estimate of drug-likeness (QED) is 0.760. The van der Waals surface area contributed by atoms with Crippen molar-refractivity contribution in [2.24, 2.45) is 0 Å². The van der Waals surface area contributed by atoms with Crippen LogP contribution in [-0.4, -0.2) is 38.7 Å². The van der Waals surface area contributed by atoms with Crippen molar-refractivity contribution in [3.05, 3.63) is 16.7 Å². The fraction of sp³-hybridized carbons (Fsp3) is 0.615. The second-order valence-electron chi connectivity index (χ2n) is 4.90. The van der Waals surface area contributed by atoms with E-state index in [0.717, 1.165) is 0 Å². The molecular formula is C13H20BrN3O3S. The molecule has 1 aliphatic rings. The normalized spacial score (nSPS) is 21.9. The van der Waals surface area contributed by atoms with E-state index in [1.165, 1.54) is 0 Å². The average Bonchev–Trinajstić information content (AvgIpc) is 2.38. The van der Waals surface area contributed by atoms with Crippen molar-refractivity contribution in [3.63, 3.8) is 0 Å². The lowest BCUT2D eigenvalue weighted by molar-refractivity contribution is -0.00475. The van der Waals surface area contributed by atoms with Crippen LogP contribution < -0.4 is 10.0 Å². The molecule has 0 aromatic carbocycles. The number of sulfonamides is 1. The number of rotatable bonds is 7. The zero-order chi connectivity index (χ0) is 15.5. The van der Waals surface area contributed by atoms with E-state index in [9.17, 15) is 8.42 Å². The molecule has 6 nitrogen and oxygen atoms in total. The Hall–Kier alpha value is -0.700. The molecule has 0 unspecified atom stereocenters. The van der Waals surface area contributed by atoms with Gasteiger partial charge in [-0.2, -0.15) is 0 Å². The molecule has 21 heavy (non-hydrogen) atoms. The number of halogens is 1. The number of anilines is 1. The number of nitrogens with one attached hydrogen (secondary N) is 2. The van der Waals surface area contributed by atoms with Crippen LogP contribution in [0.4, 0.5) is 5.82 Å². The van der Waals surface area contributed by atoms with E-state index in [0.29, 0.717) is 36.3 Å². The van der Waals surface area contributed by atoms with Gasteiger partial charge in [0.1, 0.15) is 10.7 Å². The van der Waals surface area contributed by atoms with Gasteiger partial charge in [-0.15, -0.1) is 0 Å². The van der Waals surface area contributed by atoms with Gasteiger partial charge in [0.15, 0.2) is 0 Å². The second-order valence-corrected chi connectivity index (χ2v) is 7.50. The van der Waals surface area contributed by atoms with Crippen molar-refractivity contribution in [1.29, 1.82) is 0 Å². The third kappa shape index (κ3) is 4.15. The first-order valence-electron chi connectivity index (χ1n) is 6.99. The maximum Gasteiger partial charge on any atom is 0.244 e. The summed E-state index contributed by atoms with van der Waals surface area (Å²) in [6.45, 7) is 5.09. The molecule has 1 saturated carbocycles. The predicted molar refractivity (Wildman–Crippen MR) is 84.9 cm³/mol. The summed E-state index contributed by atoms with van der Waals surface area (Å²) in [6.07, 6.45) is 3.17. The van der Waals surface area contributed by atoms with Crippen LogP contribution in [0.15, 0.2) is 21.6 Å². The summed E-state index contributed by atoms with van der Waals surface area (Å²) >= 11 is 3.26. The molecule has 0 saturated heterocycles. The summed E-state index contributed by atoms with van der Waals surface area (Å²) in [7, 11) is -3.59. The molecule has 1 fully saturated rings. The smallest absolute Gasteiger partial charge is 0.244 e. The molecule has 0 bridgehead atoms. The summed E-state index contributed by atoms with van der Waals surface area (Å²) in [5, 5.41) is 2.97. The largest absolute Gasteiger partial charge is 0.378 e. The van der Waals surface area contributed by atoms with Gasteiger partial charge in [0, 0.05) is 29.9 Å². The third-order valence-electron chi connectivity index (χ3n) is 3.27. The fourth-order valence-electron chi connectivity index (χ4n) is 2.24. The lowest BCUT2D eigenvalue weighted by Crippen LogP contribution is -2.47. The van der Waals surface area contributed by atoms with Crippen molar-refractivity contribution in [3.8, 4) is 0 Å². The zero-order valence-electron chi connectivity index (χ0n) is 12.1. The Morgan fingerprint density at radius 1 is 1.43 bits per heavy atom. The molecule has 1 heterocycles. The van der Waals surface area contributed by atoms with Crippen LogP contribution in [0.25, 0.3) is 0 Å². The standard InChI is InChI=1S/C13H20BrN3O3S/c1-3-15-13-12(5-9(14)8-16-13)21(18,19)17-10-6-11(7-10)20-4-2/h5,8,10-11,17H,3-4,6-7H2,1-2H3,(H,15,16). The fourth-order valence-corrected chi connectivity index (χ4v) is 4.14. The van der Waals surface area contributed by atoms with E-state index in [-0.39, 0.29) is 17.0 Å². The topological polar surface area (TPSA) is 80.3 Å². The summed E-state index contributed by atoms with van der Waals surface area (Å²) in [4.78, 5) is 4.29. The van der Waals surface area contributed by atoms with E-state index in [4.69, 9.17) is 4.74 Å². The van der Waals surface area contributed by atoms with Crippen LogP contribution in [-0.2, 0) is 14.8 Å². The van der Waals surface area contributed by atoms with Crippen molar-refractivity contribution in [1.82, 2.24) is 9.71 Å². The SMILES string of the molecule is CCNc1ncc(Br)cc1S(=O)(=O)NC1CC(OCC)C1. The van der Waals surface area contributed by atoms with Gasteiger partial charge in [-0.25, -0.2) is 18.1 Å². The predicted octanol–water partition coefficient (Wildman–Crippen LogP) is 2.12. The minimum Gasteiger partial charge on any atom is -0.378 e. The molecule has 0 amide bonds. The highest BCUT2D eigenvalue weighted by Crippen LogP contribution is 2.27. The van der Waals surface area contributed by atoms with Gasteiger partial charge in [0.25, 0.3) is 0 Å². The zero-order valence-corrected chi connectivity index (χ0v) is 14.5. The first kappa shape index (κ1) is 16.7. The van der Waals surface area contributed by atoms with Crippen molar-refractivity contribution >= 4 is 31.8 Å². The molecule has 8 heteroatoms. The van der Waals surface area contributed by atoms with Crippen LogP contribution in [0, 0.1) is 0 Å². The maximum atomic E-state index is 12.5. The average molecular weight is 378 g/mol. The van der Waals surface area contributed by atoms with Crippen LogP contribution in [0.3, 0.4) is 0 Å². The Bertz CT molecular complexity index is 588. The van der Waals surface area contributed by atoms with Gasteiger partial charge in [-0.3, -0.25) is 0 Å². The van der Waals surface area contributed by atoms with Gasteiger partial charge >= 0.3 is 0 Å². The molecule has 0 spiro atoms. The molecule has 0 atom stereocenters. The van der Waals surface area contributed by atoms with Gasteiger partial charge in [0.2, 0.25) is 10.0 Å². The molecule has 2 N–H and O–H groups in total. The van der Waals surface area contributed by atoms with E-state index < -0.39 is 10.0 Å². The van der Waals surface area contributed by atoms with Crippen molar-refractivity contribution in [2.45, 2.75) is 43.7 Å². The highest BCUT2D eigenvalue weighted by atomic mass is 79.9. The van der Waals surface area contributed by atoms with Gasteiger partial charge in [0.05, 0.1) is 6.10 Å². The van der Waals surface area contributed by atoms with Crippen LogP contribution in [0.5, 0.6) is 0 Å². The van der Waals surface area contributed by atoms with Crippen molar-refractivity contribution in [2.75, 3.05) is 18.5 Å². The summed E-state index contributed by atoms with van der Waals surface area (Å²) in [5.74, 6) is 0.369. The monoisotopic (exact) mass is 377 g/mol. The van der Waals surface area contributed by atoms with E-state index in [2.05, 4.69) is 31.0 Å². The van der Waals surface area contributed by atoms with Gasteiger partial charge in [-0.1, -0.05) is 0 Å². The number of ether oxygens (including phenoxy) is 1. The molecular weight excluding hydrogens is 358 g/mol. The third-order valence-corrected chi connectivity index (χ3v) is 5.24. The highest BCUT2D eigenvalue weighted by Gasteiger charge is 2.34. The van der Waals surface area contributed by atoms with Crippen LogP contribution in [0.1, 0.15) is 26.7 Å². The van der Waals surface area contributed by atoms with Crippen LogP contribution in [0.2, 0.25) is 0 Å². The molecule has 0 aliphatic heterocycles. The highest BCUT2D eigenvalue weighted by molar-refractivity contribution is 9.10. The minimum atomic E-state index is -3.59. The van der Waals surface area contributed by atoms with Gasteiger partial charge < -0.3 is 10.1 Å². The summed E-state index contributed by atoms with van der Waals surface area (Å²) in [5.41, 5.74) is 0. The van der Waals surface area contributed by atoms with Gasteiger partial charge in [-0.05, 0) is 48.7 Å². The Morgan fingerprint density at radius 2 is 2.14 bits per heavy atom. The molecule has 0 radical (unpaired) electrons. The number of aromatic nitrogens is 1. The van der Waals surface area contributed by atoms with Crippen LogP contribution >= 0.6 is 15.9 Å². The maximum absolute atomic E-state index is 12.5. The lowest BCUT2D eigenvalue weighted by atomic mass is 9.90. The number of hydrogen-bond donors (Lipinski definition) is 2. The summed E-state index contributed by atoms with van der Waals surface area (Å²) in [6, 6.07) is 1.49. The molecule has 1 aromatic rings. The van der Waals surface area contributed by atoms with E-state index in [1.54, 1.807) is 12.3 Å². The number of nitrogens with zero attached hydrogens (tertiary/aromatic N) is 1. The summed E-state index contributed by atoms with van der Waals surface area (Å²) < 4.78 is 33.8.